The normalized spacial score (nSPS) is 17.4. The van der Waals surface area contributed by atoms with Gasteiger partial charge in [0.05, 0.1) is 12.1 Å². The summed E-state index contributed by atoms with van der Waals surface area (Å²) in [4.78, 5) is 91.0. The number of hydrogen-bond acceptors (Lipinski definition) is 9. The Hall–Kier alpha value is -6.58. The molecule has 2 heterocycles. The third-order valence-electron chi connectivity index (χ3n) is 14.7. The third kappa shape index (κ3) is 15.7. The van der Waals surface area contributed by atoms with Crippen LogP contribution in [0.5, 0.6) is 11.5 Å². The maximum Gasteiger partial charge on any atom is 0.253 e. The van der Waals surface area contributed by atoms with E-state index in [1.54, 1.807) is 76.5 Å². The van der Waals surface area contributed by atoms with Crippen molar-refractivity contribution in [2.45, 2.75) is 130 Å². The summed E-state index contributed by atoms with van der Waals surface area (Å²) in [6.45, 7) is 17.9. The van der Waals surface area contributed by atoms with E-state index in [1.165, 1.54) is 0 Å². The first kappa shape index (κ1) is 57.7. The smallest absolute Gasteiger partial charge is 0.253 e. The molecule has 0 bridgehead atoms. The molecule has 6 rings (SSSR count). The van der Waals surface area contributed by atoms with E-state index in [1.807, 2.05) is 122 Å². The molecule has 0 saturated carbocycles. The van der Waals surface area contributed by atoms with Crippen molar-refractivity contribution >= 4 is 35.4 Å². The minimum absolute atomic E-state index is 0.144. The van der Waals surface area contributed by atoms with Crippen LogP contribution in [-0.4, -0.2) is 145 Å². The van der Waals surface area contributed by atoms with Crippen LogP contribution in [0.25, 0.3) is 0 Å². The molecule has 0 aliphatic carbocycles. The predicted octanol–water partition coefficient (Wildman–Crippen LogP) is 7.11. The minimum atomic E-state index is -0.743. The van der Waals surface area contributed by atoms with Gasteiger partial charge < -0.3 is 45.6 Å². The molecule has 2 aliphatic heterocycles. The molecule has 0 spiro atoms. The van der Waals surface area contributed by atoms with Gasteiger partial charge in [-0.2, -0.15) is 0 Å². The van der Waals surface area contributed by atoms with Crippen molar-refractivity contribution in [2.24, 2.45) is 10.8 Å². The molecule has 0 radical (unpaired) electrons. The van der Waals surface area contributed by atoms with E-state index in [0.717, 1.165) is 36.8 Å². The zero-order chi connectivity index (χ0) is 54.5. The highest BCUT2D eigenvalue weighted by Crippen LogP contribution is 2.30. The van der Waals surface area contributed by atoms with Crippen LogP contribution in [0.4, 0.5) is 0 Å². The zero-order valence-electron chi connectivity index (χ0n) is 46.0. The molecule has 2 fully saturated rings. The van der Waals surface area contributed by atoms with E-state index in [2.05, 4.69) is 21.3 Å². The number of benzene rings is 4. The molecule has 4 aromatic carbocycles. The molecule has 15 heteroatoms. The summed E-state index contributed by atoms with van der Waals surface area (Å²) in [6, 6.07) is 31.2. The molecule has 0 unspecified atom stereocenters. The molecule has 6 atom stereocenters. The second kappa shape index (κ2) is 26.3. The van der Waals surface area contributed by atoms with Crippen molar-refractivity contribution in [1.29, 1.82) is 0 Å². The van der Waals surface area contributed by atoms with Crippen LogP contribution in [0.1, 0.15) is 113 Å². The highest BCUT2D eigenvalue weighted by atomic mass is 16.5. The topological polar surface area (TPSA) is 173 Å². The third-order valence-corrected chi connectivity index (χ3v) is 14.7. The number of carbonyl (C=O) groups excluding carboxylic acids is 6. The van der Waals surface area contributed by atoms with Gasteiger partial charge in [-0.1, -0.05) is 102 Å². The first-order valence-corrected chi connectivity index (χ1v) is 26.8. The Labute approximate surface area is 445 Å². The molecule has 6 amide bonds. The Morgan fingerprint density at radius 2 is 0.893 bits per heavy atom. The van der Waals surface area contributed by atoms with Crippen LogP contribution in [0.2, 0.25) is 0 Å². The van der Waals surface area contributed by atoms with Gasteiger partial charge in [-0.25, -0.2) is 0 Å². The van der Waals surface area contributed by atoms with Gasteiger partial charge >= 0.3 is 0 Å². The van der Waals surface area contributed by atoms with Gasteiger partial charge in [0.15, 0.2) is 0 Å². The first-order valence-electron chi connectivity index (χ1n) is 26.8. The van der Waals surface area contributed by atoms with Crippen LogP contribution in [0.3, 0.4) is 0 Å². The summed E-state index contributed by atoms with van der Waals surface area (Å²) >= 11 is 0. The lowest BCUT2D eigenvalue weighted by atomic mass is 9.85. The fourth-order valence-corrected chi connectivity index (χ4v) is 9.77. The fraction of sp³-hybridized carbons (Fsp3) is 0.500. The minimum Gasteiger partial charge on any atom is -0.457 e. The first-order chi connectivity index (χ1) is 35.7. The summed E-state index contributed by atoms with van der Waals surface area (Å²) in [5, 5.41) is 11.9. The maximum atomic E-state index is 14.5. The van der Waals surface area contributed by atoms with E-state index in [4.69, 9.17) is 4.74 Å². The van der Waals surface area contributed by atoms with Gasteiger partial charge in [-0.3, -0.25) is 28.8 Å². The highest BCUT2D eigenvalue weighted by Gasteiger charge is 2.42. The zero-order valence-corrected chi connectivity index (χ0v) is 46.0. The van der Waals surface area contributed by atoms with Crippen molar-refractivity contribution in [1.82, 2.24) is 40.9 Å². The lowest BCUT2D eigenvalue weighted by molar-refractivity contribution is -0.141. The summed E-state index contributed by atoms with van der Waals surface area (Å²) in [7, 11) is 3.42. The number of hydrogen-bond donors (Lipinski definition) is 4. The largest absolute Gasteiger partial charge is 0.457 e. The number of likely N-dealkylation sites (tertiary alicyclic amines) is 2. The SMILES string of the molecule is CN[C@@H](C)C(=O)N[C@H](C(=O)N1CCC[C@H]1CN(CCc1ccccc1)C(=O)c1ccc(Oc2ccc(C(=O)N(CCc3ccccc3)C[C@@H]3CCCN3C(=O)[C@@H](NC(=O)[C@H](C)NC)C(C)(C)C)cc2)cc1)C(C)(C)C. The molecule has 404 valence electrons. The number of nitrogens with one attached hydrogen (secondary N) is 4. The van der Waals surface area contributed by atoms with E-state index in [9.17, 15) is 28.8 Å². The van der Waals surface area contributed by atoms with Gasteiger partial charge in [0, 0.05) is 62.5 Å². The van der Waals surface area contributed by atoms with Crippen molar-refractivity contribution in [3.63, 3.8) is 0 Å². The second-order valence-electron chi connectivity index (χ2n) is 22.4. The number of rotatable bonds is 22. The Kier molecular flexibility index (Phi) is 20.2. The van der Waals surface area contributed by atoms with E-state index < -0.39 is 35.0 Å². The molecule has 75 heavy (non-hydrogen) atoms. The molecule has 4 aromatic rings. The van der Waals surface area contributed by atoms with Gasteiger partial charge in [-0.05, 0) is 137 Å². The Morgan fingerprint density at radius 3 is 1.21 bits per heavy atom. The number of ether oxygens (including phenoxy) is 1. The van der Waals surface area contributed by atoms with Crippen molar-refractivity contribution in [2.75, 3.05) is 53.4 Å². The van der Waals surface area contributed by atoms with Crippen molar-refractivity contribution in [3.8, 4) is 11.5 Å². The van der Waals surface area contributed by atoms with Gasteiger partial charge in [-0.15, -0.1) is 0 Å². The number of carbonyl (C=O) groups is 6. The molecule has 2 saturated heterocycles. The molecular weight excluding hydrogens is 945 g/mol. The molecule has 0 aromatic heterocycles. The standard InChI is InChI=1S/C60H82N8O7/c1-41(61-9)53(69)63-51(59(3,4)5)57(73)67-35-17-23-47(67)39-65(37-33-43-19-13-11-14-20-43)55(71)45-25-29-49(30-26-45)75-50-31-27-46(28-32-50)56(72)66(38-34-44-21-15-12-16-22-44)40-48-24-18-36-68(48)58(74)52(60(6,7)8)64-54(70)42(2)62-10/h11-16,19-22,25-32,41-42,47-48,51-52,61-62H,17-18,23-24,33-40H2,1-10H3,(H,63,69)(H,64,70)/t41-,42-,47-,48-,51+,52+/m0/s1. The van der Waals surface area contributed by atoms with E-state index in [-0.39, 0.29) is 47.5 Å². The number of likely N-dealkylation sites (N-methyl/N-ethyl adjacent to an activating group) is 2. The van der Waals surface area contributed by atoms with Crippen LogP contribution in [0.15, 0.2) is 109 Å². The van der Waals surface area contributed by atoms with E-state index in [0.29, 0.717) is 74.7 Å². The van der Waals surface area contributed by atoms with Gasteiger partial charge in [0.2, 0.25) is 23.6 Å². The second-order valence-corrected chi connectivity index (χ2v) is 22.4. The Morgan fingerprint density at radius 1 is 0.547 bits per heavy atom. The molecular formula is C60H82N8O7. The Balaban J connectivity index is 1.15. The summed E-state index contributed by atoms with van der Waals surface area (Å²) < 4.78 is 6.27. The average Bonchev–Trinajstić information content (AvgIpc) is 4.08. The Bertz CT molecular complexity index is 2350. The van der Waals surface area contributed by atoms with Crippen LogP contribution < -0.4 is 26.0 Å². The van der Waals surface area contributed by atoms with E-state index >= 15 is 0 Å². The fourth-order valence-electron chi connectivity index (χ4n) is 9.77. The van der Waals surface area contributed by atoms with Gasteiger partial charge in [0.1, 0.15) is 23.6 Å². The highest BCUT2D eigenvalue weighted by molar-refractivity contribution is 5.96. The number of nitrogens with zero attached hydrogens (tertiary/aromatic N) is 4. The molecule has 15 nitrogen and oxygen atoms in total. The van der Waals surface area contributed by atoms with Crippen molar-refractivity contribution in [3.05, 3.63) is 131 Å². The lowest BCUT2D eigenvalue weighted by Crippen LogP contribution is -2.59. The van der Waals surface area contributed by atoms with Crippen LogP contribution >= 0.6 is 0 Å². The van der Waals surface area contributed by atoms with Gasteiger partial charge in [0.25, 0.3) is 11.8 Å². The van der Waals surface area contributed by atoms with Crippen LogP contribution in [-0.2, 0) is 32.0 Å². The summed E-state index contributed by atoms with van der Waals surface area (Å²) in [5.74, 6) is -0.0774. The molecule has 2 aliphatic rings. The summed E-state index contributed by atoms with van der Waals surface area (Å²) in [5.41, 5.74) is 2.06. The number of amides is 6. The van der Waals surface area contributed by atoms with Crippen LogP contribution in [0, 0.1) is 10.8 Å². The lowest BCUT2D eigenvalue weighted by Gasteiger charge is -2.37. The predicted molar refractivity (Wildman–Crippen MR) is 294 cm³/mol. The van der Waals surface area contributed by atoms with Crippen molar-refractivity contribution < 1.29 is 33.5 Å². The average molecular weight is 1030 g/mol. The summed E-state index contributed by atoms with van der Waals surface area (Å²) in [6.07, 6.45) is 4.32. The quantitative estimate of drug-likeness (QED) is 0.0641. The maximum absolute atomic E-state index is 14.5. The molecule has 4 N–H and O–H groups in total. The monoisotopic (exact) mass is 1030 g/mol.